The molecule has 2 rings (SSSR count). The fourth-order valence-corrected chi connectivity index (χ4v) is 2.55. The normalized spacial score (nSPS) is 31.9. The Morgan fingerprint density at radius 1 is 1.38 bits per heavy atom. The molecular formula is C9H16N2O2. The summed E-state index contributed by atoms with van der Waals surface area (Å²) in [6.07, 6.45) is 3.64. The second kappa shape index (κ2) is 3.54. The maximum Gasteiger partial charge on any atom is 0.411 e. The predicted octanol–water partition coefficient (Wildman–Crippen LogP) is 0.771. The van der Waals surface area contributed by atoms with Crippen LogP contribution in [-0.2, 0) is 4.74 Å². The zero-order valence-corrected chi connectivity index (χ0v) is 7.74. The monoisotopic (exact) mass is 184 g/mol. The minimum Gasteiger partial charge on any atom is -0.434 e. The molecule has 4 nitrogen and oxygen atoms in total. The number of nitrogens with two attached hydrogens (primary N) is 1. The molecule has 4 heteroatoms. The number of ether oxygens (including phenoxy) is 1. The minimum absolute atomic E-state index is 0.00926. The molecule has 0 bridgehead atoms. The third-order valence-electron chi connectivity index (χ3n) is 3.19. The molecule has 0 radical (unpaired) electrons. The first kappa shape index (κ1) is 8.81. The number of hydrogen-bond donors (Lipinski definition) is 1. The zero-order chi connectivity index (χ0) is 9.26. The van der Waals surface area contributed by atoms with Crippen LogP contribution in [0.1, 0.15) is 19.3 Å². The lowest BCUT2D eigenvalue weighted by molar-refractivity contribution is 0.110. The van der Waals surface area contributed by atoms with E-state index in [1.165, 1.54) is 19.3 Å². The van der Waals surface area contributed by atoms with Crippen LogP contribution in [0.5, 0.6) is 0 Å². The summed E-state index contributed by atoms with van der Waals surface area (Å²) in [4.78, 5) is 13.1. The predicted molar refractivity (Wildman–Crippen MR) is 47.9 cm³/mol. The van der Waals surface area contributed by atoms with Gasteiger partial charge in [-0.15, -0.1) is 0 Å². The Morgan fingerprint density at radius 2 is 2.00 bits per heavy atom. The zero-order valence-electron chi connectivity index (χ0n) is 7.74. The minimum atomic E-state index is -0.239. The van der Waals surface area contributed by atoms with Crippen molar-refractivity contribution < 1.29 is 9.53 Å². The smallest absolute Gasteiger partial charge is 0.411 e. The molecule has 1 saturated heterocycles. The van der Waals surface area contributed by atoms with Crippen LogP contribution < -0.4 is 5.73 Å². The quantitative estimate of drug-likeness (QED) is 0.612. The van der Waals surface area contributed by atoms with Crippen molar-refractivity contribution in [2.45, 2.75) is 19.3 Å². The second-order valence-electron chi connectivity index (χ2n) is 3.93. The van der Waals surface area contributed by atoms with E-state index in [1.807, 2.05) is 0 Å². The van der Waals surface area contributed by atoms with Gasteiger partial charge < -0.3 is 9.64 Å². The van der Waals surface area contributed by atoms with Crippen LogP contribution >= 0.6 is 0 Å². The number of nitrogens with zero attached hydrogens (tertiary/aromatic N) is 1. The molecular weight excluding hydrogens is 168 g/mol. The Morgan fingerprint density at radius 3 is 2.54 bits per heavy atom. The van der Waals surface area contributed by atoms with Gasteiger partial charge in [-0.25, -0.2) is 4.79 Å². The summed E-state index contributed by atoms with van der Waals surface area (Å²) >= 11 is 0. The van der Waals surface area contributed by atoms with Gasteiger partial charge in [0, 0.05) is 13.1 Å². The molecule has 13 heavy (non-hydrogen) atoms. The molecule has 0 aromatic rings. The summed E-state index contributed by atoms with van der Waals surface area (Å²) in [5, 5.41) is 0. The molecule has 1 heterocycles. The molecule has 1 aliphatic heterocycles. The first-order valence-electron chi connectivity index (χ1n) is 4.93. The number of hydrogen-bond acceptors (Lipinski definition) is 3. The van der Waals surface area contributed by atoms with E-state index < -0.39 is 0 Å². The largest absolute Gasteiger partial charge is 0.434 e. The topological polar surface area (TPSA) is 55.6 Å². The van der Waals surface area contributed by atoms with Gasteiger partial charge in [0.2, 0.25) is 0 Å². The summed E-state index contributed by atoms with van der Waals surface area (Å²) in [7, 11) is 0. The van der Waals surface area contributed by atoms with Crippen molar-refractivity contribution in [2.24, 2.45) is 17.6 Å². The Balaban J connectivity index is 1.87. The van der Waals surface area contributed by atoms with E-state index in [1.54, 1.807) is 4.90 Å². The standard InChI is InChI=1S/C9H16N2O2/c10-6-13-9(12)11-4-7-2-1-3-8(7)5-11/h7-8H,1-6,10H2. The van der Waals surface area contributed by atoms with Crippen LogP contribution in [0.2, 0.25) is 0 Å². The van der Waals surface area contributed by atoms with Crippen LogP contribution in [0, 0.1) is 11.8 Å². The lowest BCUT2D eigenvalue weighted by Gasteiger charge is -2.15. The van der Waals surface area contributed by atoms with Crippen molar-refractivity contribution in [2.75, 3.05) is 19.8 Å². The highest BCUT2D eigenvalue weighted by atomic mass is 16.6. The number of fused-ring (bicyclic) bond motifs is 1. The van der Waals surface area contributed by atoms with Crippen molar-refractivity contribution in [1.29, 1.82) is 0 Å². The van der Waals surface area contributed by atoms with E-state index in [0.717, 1.165) is 24.9 Å². The average Bonchev–Trinajstić information content (AvgIpc) is 2.61. The van der Waals surface area contributed by atoms with E-state index >= 15 is 0 Å². The highest BCUT2D eigenvalue weighted by Gasteiger charge is 2.38. The van der Waals surface area contributed by atoms with Gasteiger partial charge in [0.05, 0.1) is 0 Å². The summed E-state index contributed by atoms with van der Waals surface area (Å²) in [5.41, 5.74) is 5.14. The van der Waals surface area contributed by atoms with Crippen LogP contribution in [0.25, 0.3) is 0 Å². The lowest BCUT2D eigenvalue weighted by atomic mass is 10.0. The number of carbonyl (C=O) groups excluding carboxylic acids is 1. The molecule has 2 fully saturated rings. The van der Waals surface area contributed by atoms with Gasteiger partial charge in [0.1, 0.15) is 6.73 Å². The molecule has 1 aliphatic carbocycles. The SMILES string of the molecule is NCOC(=O)N1CC2CCCC2C1. The van der Waals surface area contributed by atoms with Gasteiger partial charge in [-0.3, -0.25) is 5.73 Å². The van der Waals surface area contributed by atoms with Gasteiger partial charge in [-0.05, 0) is 24.7 Å². The number of rotatable bonds is 1. The van der Waals surface area contributed by atoms with Crippen LogP contribution in [0.3, 0.4) is 0 Å². The Hall–Kier alpha value is -0.770. The van der Waals surface area contributed by atoms with E-state index in [0.29, 0.717) is 0 Å². The third kappa shape index (κ3) is 1.63. The highest BCUT2D eigenvalue weighted by molar-refractivity contribution is 5.68. The fraction of sp³-hybridized carbons (Fsp3) is 0.889. The fourth-order valence-electron chi connectivity index (χ4n) is 2.55. The van der Waals surface area contributed by atoms with Crippen molar-refractivity contribution >= 4 is 6.09 Å². The van der Waals surface area contributed by atoms with Crippen LogP contribution in [0.4, 0.5) is 4.79 Å². The molecule has 0 aromatic heterocycles. The average molecular weight is 184 g/mol. The third-order valence-corrected chi connectivity index (χ3v) is 3.19. The molecule has 2 unspecified atom stereocenters. The van der Waals surface area contributed by atoms with Gasteiger partial charge >= 0.3 is 6.09 Å². The van der Waals surface area contributed by atoms with Gasteiger partial charge in [0.25, 0.3) is 0 Å². The van der Waals surface area contributed by atoms with Crippen molar-refractivity contribution in [1.82, 2.24) is 4.90 Å². The molecule has 0 aromatic carbocycles. The molecule has 2 N–H and O–H groups in total. The first-order valence-corrected chi connectivity index (χ1v) is 4.93. The van der Waals surface area contributed by atoms with Gasteiger partial charge in [0.15, 0.2) is 0 Å². The molecule has 1 saturated carbocycles. The Kier molecular flexibility index (Phi) is 2.40. The van der Waals surface area contributed by atoms with Gasteiger partial charge in [-0.2, -0.15) is 0 Å². The van der Waals surface area contributed by atoms with Crippen molar-refractivity contribution in [3.05, 3.63) is 0 Å². The number of amides is 1. The molecule has 2 atom stereocenters. The van der Waals surface area contributed by atoms with E-state index in [4.69, 9.17) is 10.5 Å². The van der Waals surface area contributed by atoms with E-state index in [2.05, 4.69) is 0 Å². The summed E-state index contributed by atoms with van der Waals surface area (Å²) < 4.78 is 4.76. The maximum atomic E-state index is 11.3. The second-order valence-corrected chi connectivity index (χ2v) is 3.93. The highest BCUT2D eigenvalue weighted by Crippen LogP contribution is 2.37. The van der Waals surface area contributed by atoms with Gasteiger partial charge in [-0.1, -0.05) is 6.42 Å². The Labute approximate surface area is 78.0 Å². The summed E-state index contributed by atoms with van der Waals surface area (Å²) in [6.45, 7) is 1.75. The van der Waals surface area contributed by atoms with Crippen LogP contribution in [-0.4, -0.2) is 30.8 Å². The van der Waals surface area contributed by atoms with Crippen molar-refractivity contribution in [3.8, 4) is 0 Å². The molecule has 1 amide bonds. The molecule has 0 spiro atoms. The lowest BCUT2D eigenvalue weighted by Crippen LogP contribution is -2.31. The molecule has 74 valence electrons. The van der Waals surface area contributed by atoms with Crippen LogP contribution in [0.15, 0.2) is 0 Å². The maximum absolute atomic E-state index is 11.3. The van der Waals surface area contributed by atoms with E-state index in [-0.39, 0.29) is 12.8 Å². The summed E-state index contributed by atoms with van der Waals surface area (Å²) in [6, 6.07) is 0. The van der Waals surface area contributed by atoms with Crippen molar-refractivity contribution in [3.63, 3.8) is 0 Å². The van der Waals surface area contributed by atoms with E-state index in [9.17, 15) is 4.79 Å². The Bertz CT molecular complexity index is 196. The number of likely N-dealkylation sites (tertiary alicyclic amines) is 1. The summed E-state index contributed by atoms with van der Waals surface area (Å²) in [5.74, 6) is 1.45. The first-order chi connectivity index (χ1) is 6.31. The molecule has 2 aliphatic rings. The number of carbonyl (C=O) groups is 1.